The van der Waals surface area contributed by atoms with E-state index in [2.05, 4.69) is 10.3 Å². The van der Waals surface area contributed by atoms with Gasteiger partial charge < -0.3 is 9.64 Å². The summed E-state index contributed by atoms with van der Waals surface area (Å²) in [7, 11) is 0. The van der Waals surface area contributed by atoms with Gasteiger partial charge in [-0.15, -0.1) is 5.10 Å². The number of hydrogen-bond acceptors (Lipinski definition) is 5. The van der Waals surface area contributed by atoms with E-state index in [1.807, 2.05) is 20.8 Å². The van der Waals surface area contributed by atoms with Gasteiger partial charge in [0.05, 0.1) is 17.1 Å². The summed E-state index contributed by atoms with van der Waals surface area (Å²) < 4.78 is 6.92. The number of rotatable bonds is 2. The van der Waals surface area contributed by atoms with Crippen LogP contribution >= 0.6 is 0 Å². The highest BCUT2D eigenvalue weighted by molar-refractivity contribution is 5.78. The fourth-order valence-corrected chi connectivity index (χ4v) is 3.00. The summed E-state index contributed by atoms with van der Waals surface area (Å²) >= 11 is 0. The van der Waals surface area contributed by atoms with E-state index in [4.69, 9.17) is 4.74 Å². The summed E-state index contributed by atoms with van der Waals surface area (Å²) in [5, 5.41) is 8.34. The first kappa shape index (κ1) is 15.6. The first-order valence-corrected chi connectivity index (χ1v) is 7.64. The van der Waals surface area contributed by atoms with Crippen molar-refractivity contribution in [3.8, 4) is 0 Å². The molecule has 1 aromatic heterocycles. The molecule has 0 aliphatic carbocycles. The Morgan fingerprint density at radius 3 is 2.87 bits per heavy atom. The molecule has 1 aliphatic heterocycles. The molecule has 1 unspecified atom stereocenters. The third-order valence-corrected chi connectivity index (χ3v) is 3.84. The maximum absolute atomic E-state index is 12.5. The molecule has 0 N–H and O–H groups in total. The van der Waals surface area contributed by atoms with Crippen molar-refractivity contribution in [1.29, 1.82) is 0 Å². The Kier molecular flexibility index (Phi) is 3.89. The fraction of sp³-hybridized carbons (Fsp3) is 0.500. The number of amides is 1. The lowest BCUT2D eigenvalue weighted by atomic mass is 10.1. The summed E-state index contributed by atoms with van der Waals surface area (Å²) in [6, 6.07) is 6.97. The number of morpholine rings is 1. The minimum atomic E-state index is -0.395. The number of benzene rings is 1. The van der Waals surface area contributed by atoms with E-state index < -0.39 is 5.60 Å². The minimum absolute atomic E-state index is 0.0397. The highest BCUT2D eigenvalue weighted by Crippen LogP contribution is 2.20. The minimum Gasteiger partial charge on any atom is -0.369 e. The monoisotopic (exact) mass is 316 g/mol. The smallest absolute Gasteiger partial charge is 0.278 e. The van der Waals surface area contributed by atoms with Crippen LogP contribution in [0.4, 0.5) is 0 Å². The highest BCUT2D eigenvalue weighted by atomic mass is 16.5. The lowest BCUT2D eigenvalue weighted by Gasteiger charge is -2.41. The average Bonchev–Trinajstić information content (AvgIpc) is 2.48. The Labute approximate surface area is 133 Å². The van der Waals surface area contributed by atoms with E-state index in [0.717, 1.165) is 4.68 Å². The second kappa shape index (κ2) is 5.73. The van der Waals surface area contributed by atoms with Gasteiger partial charge in [0.25, 0.3) is 5.56 Å². The molecular formula is C16H20N4O3. The van der Waals surface area contributed by atoms with Crippen LogP contribution in [-0.4, -0.2) is 50.6 Å². The van der Waals surface area contributed by atoms with Gasteiger partial charge in [0.15, 0.2) is 0 Å². The number of ether oxygens (including phenoxy) is 1. The molecule has 1 amide bonds. The topological polar surface area (TPSA) is 77.3 Å². The van der Waals surface area contributed by atoms with Gasteiger partial charge in [-0.2, -0.15) is 0 Å². The highest BCUT2D eigenvalue weighted by Gasteiger charge is 2.33. The SMILES string of the molecule is CC1CN(C(=O)Cn2nnc3ccccc3c2=O)CC(C)(C)O1. The summed E-state index contributed by atoms with van der Waals surface area (Å²) in [4.78, 5) is 26.7. The molecular weight excluding hydrogens is 296 g/mol. The van der Waals surface area contributed by atoms with E-state index in [0.29, 0.717) is 24.0 Å². The van der Waals surface area contributed by atoms with Crippen LogP contribution in [0, 0.1) is 0 Å². The molecule has 1 saturated heterocycles. The maximum Gasteiger partial charge on any atom is 0.278 e. The van der Waals surface area contributed by atoms with Gasteiger partial charge >= 0.3 is 0 Å². The lowest BCUT2D eigenvalue weighted by Crippen LogP contribution is -2.54. The standard InChI is InChI=1S/C16H20N4O3/c1-11-8-19(10-16(2,3)23-11)14(21)9-20-15(22)12-6-4-5-7-13(12)17-18-20/h4-7,11H,8-10H2,1-3H3. The van der Waals surface area contributed by atoms with Crippen molar-refractivity contribution >= 4 is 16.8 Å². The molecule has 0 radical (unpaired) electrons. The van der Waals surface area contributed by atoms with Gasteiger partial charge in [0.1, 0.15) is 12.1 Å². The molecule has 2 heterocycles. The zero-order valence-electron chi connectivity index (χ0n) is 13.5. The second-order valence-corrected chi connectivity index (χ2v) is 6.53. The third kappa shape index (κ3) is 3.24. The number of fused-ring (bicyclic) bond motifs is 1. The van der Waals surface area contributed by atoms with Crippen LogP contribution in [0.25, 0.3) is 10.9 Å². The number of hydrogen-bond donors (Lipinski definition) is 0. The van der Waals surface area contributed by atoms with Crippen molar-refractivity contribution in [2.45, 2.75) is 39.0 Å². The molecule has 0 spiro atoms. The van der Waals surface area contributed by atoms with Gasteiger partial charge in [-0.1, -0.05) is 17.3 Å². The van der Waals surface area contributed by atoms with Crippen molar-refractivity contribution in [1.82, 2.24) is 19.9 Å². The molecule has 122 valence electrons. The largest absolute Gasteiger partial charge is 0.369 e. The van der Waals surface area contributed by atoms with Crippen molar-refractivity contribution in [2.75, 3.05) is 13.1 Å². The van der Waals surface area contributed by atoms with E-state index in [-0.39, 0.29) is 24.1 Å². The van der Waals surface area contributed by atoms with E-state index in [9.17, 15) is 9.59 Å². The van der Waals surface area contributed by atoms with E-state index in [1.165, 1.54) is 0 Å². The van der Waals surface area contributed by atoms with Crippen LogP contribution in [0.5, 0.6) is 0 Å². The number of carbonyl (C=O) groups is 1. The van der Waals surface area contributed by atoms with Crippen molar-refractivity contribution in [2.24, 2.45) is 0 Å². The van der Waals surface area contributed by atoms with E-state index in [1.54, 1.807) is 29.2 Å². The van der Waals surface area contributed by atoms with Gasteiger partial charge in [-0.05, 0) is 32.9 Å². The molecule has 1 aromatic carbocycles. The van der Waals surface area contributed by atoms with Gasteiger partial charge in [-0.25, -0.2) is 4.68 Å². The van der Waals surface area contributed by atoms with Gasteiger partial charge in [-0.3, -0.25) is 9.59 Å². The third-order valence-electron chi connectivity index (χ3n) is 3.84. The molecule has 7 nitrogen and oxygen atoms in total. The Hall–Kier alpha value is -2.28. The number of aromatic nitrogens is 3. The molecule has 7 heteroatoms. The molecule has 23 heavy (non-hydrogen) atoms. The number of carbonyl (C=O) groups excluding carboxylic acids is 1. The zero-order valence-corrected chi connectivity index (χ0v) is 13.5. The van der Waals surface area contributed by atoms with Crippen LogP contribution in [0.1, 0.15) is 20.8 Å². The molecule has 3 rings (SSSR count). The maximum atomic E-state index is 12.5. The molecule has 1 aliphatic rings. The number of nitrogens with zero attached hydrogens (tertiary/aromatic N) is 4. The van der Waals surface area contributed by atoms with Crippen LogP contribution in [0.15, 0.2) is 29.1 Å². The molecule has 0 saturated carbocycles. The molecule has 2 aromatic rings. The first-order chi connectivity index (χ1) is 10.9. The van der Waals surface area contributed by atoms with E-state index >= 15 is 0 Å². The molecule has 1 atom stereocenters. The molecule has 1 fully saturated rings. The van der Waals surface area contributed by atoms with Crippen LogP contribution in [0.2, 0.25) is 0 Å². The predicted molar refractivity (Wildman–Crippen MR) is 85.0 cm³/mol. The van der Waals surface area contributed by atoms with Crippen LogP contribution in [-0.2, 0) is 16.1 Å². The predicted octanol–water partition coefficient (Wildman–Crippen LogP) is 0.817. The Morgan fingerprint density at radius 1 is 1.39 bits per heavy atom. The van der Waals surface area contributed by atoms with Crippen LogP contribution in [0.3, 0.4) is 0 Å². The Bertz CT molecular complexity index is 799. The first-order valence-electron chi connectivity index (χ1n) is 7.64. The summed E-state index contributed by atoms with van der Waals surface area (Å²) in [5.41, 5.74) is -0.167. The van der Waals surface area contributed by atoms with Gasteiger partial charge in [0, 0.05) is 13.1 Å². The normalized spacial score (nSPS) is 20.7. The summed E-state index contributed by atoms with van der Waals surface area (Å²) in [5.74, 6) is -0.153. The Morgan fingerprint density at radius 2 is 2.13 bits per heavy atom. The summed E-state index contributed by atoms with van der Waals surface area (Å²) in [6.07, 6.45) is -0.0397. The average molecular weight is 316 g/mol. The van der Waals surface area contributed by atoms with Crippen molar-refractivity contribution in [3.05, 3.63) is 34.6 Å². The lowest BCUT2D eigenvalue weighted by molar-refractivity contribution is -0.158. The fourth-order valence-electron chi connectivity index (χ4n) is 3.00. The Balaban J connectivity index is 1.83. The zero-order chi connectivity index (χ0) is 16.6. The van der Waals surface area contributed by atoms with Gasteiger partial charge in [0.2, 0.25) is 5.91 Å². The van der Waals surface area contributed by atoms with Crippen molar-refractivity contribution in [3.63, 3.8) is 0 Å². The quantitative estimate of drug-likeness (QED) is 0.819. The summed E-state index contributed by atoms with van der Waals surface area (Å²) in [6.45, 7) is 6.72. The second-order valence-electron chi connectivity index (χ2n) is 6.53. The molecule has 0 bridgehead atoms. The van der Waals surface area contributed by atoms with Crippen LogP contribution < -0.4 is 5.56 Å². The van der Waals surface area contributed by atoms with Crippen molar-refractivity contribution < 1.29 is 9.53 Å².